The number of carbonyl (C=O) groups is 1. The van der Waals surface area contributed by atoms with Crippen molar-refractivity contribution < 1.29 is 4.79 Å². The van der Waals surface area contributed by atoms with Crippen LogP contribution >= 0.6 is 0 Å². The maximum atomic E-state index is 13.1. The molecule has 0 spiro atoms. The summed E-state index contributed by atoms with van der Waals surface area (Å²) in [6.07, 6.45) is 0. The van der Waals surface area contributed by atoms with Crippen molar-refractivity contribution in [2.24, 2.45) is 0 Å². The summed E-state index contributed by atoms with van der Waals surface area (Å²) in [5.74, 6) is 0.0110. The van der Waals surface area contributed by atoms with Crippen molar-refractivity contribution in [1.29, 1.82) is 0 Å². The van der Waals surface area contributed by atoms with Gasteiger partial charge in [-0.3, -0.25) is 4.79 Å². The molecule has 0 bridgehead atoms. The fourth-order valence-corrected chi connectivity index (χ4v) is 3.56. The van der Waals surface area contributed by atoms with Gasteiger partial charge >= 0.3 is 0 Å². The van der Waals surface area contributed by atoms with Crippen molar-refractivity contribution in [2.75, 3.05) is 0 Å². The molecule has 1 nitrogen and oxygen atoms in total. The monoisotopic (exact) mass is 331 g/mol. The van der Waals surface area contributed by atoms with Crippen LogP contribution in [0.15, 0.2) is 91.0 Å². The molecule has 5 aromatic carbocycles. The maximum Gasteiger partial charge on any atom is 0.194 e. The Balaban J connectivity index is 1.68. The minimum Gasteiger partial charge on any atom is -0.289 e. The Morgan fingerprint density at radius 2 is 1.31 bits per heavy atom. The highest BCUT2D eigenvalue weighted by molar-refractivity contribution is 6.17. The van der Waals surface area contributed by atoms with E-state index in [9.17, 15) is 4.79 Å². The zero-order chi connectivity index (χ0) is 17.5. The molecule has 0 aliphatic rings. The molecule has 5 aromatic rings. The van der Waals surface area contributed by atoms with Gasteiger partial charge in [0.25, 0.3) is 0 Å². The van der Waals surface area contributed by atoms with Crippen LogP contribution in [0, 0.1) is 6.07 Å². The van der Waals surface area contributed by atoms with Crippen molar-refractivity contribution in [2.45, 2.75) is 0 Å². The van der Waals surface area contributed by atoms with Gasteiger partial charge in [0, 0.05) is 17.2 Å². The molecule has 0 unspecified atom stereocenters. The fraction of sp³-hybridized carbons (Fsp3) is 0. The first-order valence-corrected chi connectivity index (χ1v) is 8.67. The molecule has 0 fully saturated rings. The summed E-state index contributed by atoms with van der Waals surface area (Å²) in [5, 5.41) is 6.47. The average Bonchev–Trinajstić information content (AvgIpc) is 2.71. The molecular formula is C25H15O. The van der Waals surface area contributed by atoms with E-state index in [1.165, 1.54) is 5.39 Å². The van der Waals surface area contributed by atoms with E-state index < -0.39 is 0 Å². The summed E-state index contributed by atoms with van der Waals surface area (Å²) in [4.78, 5) is 13.1. The van der Waals surface area contributed by atoms with Gasteiger partial charge in [-0.15, -0.1) is 0 Å². The van der Waals surface area contributed by atoms with Crippen molar-refractivity contribution in [1.82, 2.24) is 0 Å². The van der Waals surface area contributed by atoms with Crippen LogP contribution in [0.25, 0.3) is 32.3 Å². The van der Waals surface area contributed by atoms with E-state index in [0.29, 0.717) is 5.56 Å². The summed E-state index contributed by atoms with van der Waals surface area (Å²) in [5.41, 5.74) is 1.32. The van der Waals surface area contributed by atoms with E-state index in [-0.39, 0.29) is 5.78 Å². The molecule has 0 aliphatic carbocycles. The zero-order valence-electron chi connectivity index (χ0n) is 14.1. The minimum absolute atomic E-state index is 0.0110. The number of rotatable bonds is 2. The van der Waals surface area contributed by atoms with Gasteiger partial charge in [-0.25, -0.2) is 0 Å². The lowest BCUT2D eigenvalue weighted by Crippen LogP contribution is -2.02. The van der Waals surface area contributed by atoms with Gasteiger partial charge in [0.1, 0.15) is 0 Å². The summed E-state index contributed by atoms with van der Waals surface area (Å²) in [6.45, 7) is 0. The molecular weight excluding hydrogens is 316 g/mol. The van der Waals surface area contributed by atoms with Gasteiger partial charge in [0.2, 0.25) is 0 Å². The van der Waals surface area contributed by atoms with E-state index in [1.807, 2.05) is 66.7 Å². The average molecular weight is 331 g/mol. The van der Waals surface area contributed by atoms with Crippen molar-refractivity contribution >= 4 is 38.1 Å². The van der Waals surface area contributed by atoms with Gasteiger partial charge in [-0.2, -0.15) is 0 Å². The summed E-state index contributed by atoms with van der Waals surface area (Å²) >= 11 is 0. The molecule has 0 atom stereocenters. The topological polar surface area (TPSA) is 17.1 Å². The van der Waals surface area contributed by atoms with Gasteiger partial charge in [-0.1, -0.05) is 72.8 Å². The van der Waals surface area contributed by atoms with Crippen LogP contribution in [0.5, 0.6) is 0 Å². The molecule has 0 aromatic heterocycles. The van der Waals surface area contributed by atoms with Gasteiger partial charge < -0.3 is 0 Å². The van der Waals surface area contributed by atoms with E-state index in [4.69, 9.17) is 0 Å². The smallest absolute Gasteiger partial charge is 0.194 e. The predicted octanol–water partition coefficient (Wildman–Crippen LogP) is 6.18. The van der Waals surface area contributed by atoms with Crippen LogP contribution in [0.2, 0.25) is 0 Å². The molecule has 0 heterocycles. The number of carbonyl (C=O) groups excluding carboxylic acids is 1. The highest BCUT2D eigenvalue weighted by Gasteiger charge is 2.13. The van der Waals surface area contributed by atoms with Crippen LogP contribution in [0.4, 0.5) is 0 Å². The van der Waals surface area contributed by atoms with Gasteiger partial charge in [-0.05, 0) is 50.5 Å². The summed E-state index contributed by atoms with van der Waals surface area (Å²) < 4.78 is 0. The van der Waals surface area contributed by atoms with Crippen LogP contribution < -0.4 is 0 Å². The van der Waals surface area contributed by atoms with E-state index in [2.05, 4.69) is 30.3 Å². The highest BCUT2D eigenvalue weighted by atomic mass is 16.1. The number of benzene rings is 5. The predicted molar refractivity (Wildman–Crippen MR) is 108 cm³/mol. The Morgan fingerprint density at radius 3 is 2.15 bits per heavy atom. The van der Waals surface area contributed by atoms with Crippen molar-refractivity contribution in [3.05, 3.63) is 108 Å². The van der Waals surface area contributed by atoms with Crippen LogP contribution in [0.3, 0.4) is 0 Å². The lowest BCUT2D eigenvalue weighted by atomic mass is 9.95. The fourth-order valence-electron chi connectivity index (χ4n) is 3.56. The lowest BCUT2D eigenvalue weighted by molar-refractivity contribution is 0.104. The number of fused-ring (bicyclic) bond motifs is 3. The Kier molecular flexibility index (Phi) is 3.32. The second kappa shape index (κ2) is 5.82. The molecule has 0 saturated heterocycles. The second-order valence-corrected chi connectivity index (χ2v) is 6.51. The normalized spacial score (nSPS) is 11.2. The second-order valence-electron chi connectivity index (χ2n) is 6.51. The Hall–Kier alpha value is -3.45. The molecule has 0 N–H and O–H groups in total. The van der Waals surface area contributed by atoms with Crippen LogP contribution in [-0.4, -0.2) is 5.78 Å². The molecule has 0 aliphatic heterocycles. The first-order chi connectivity index (χ1) is 12.8. The zero-order valence-corrected chi connectivity index (χ0v) is 14.1. The van der Waals surface area contributed by atoms with Crippen molar-refractivity contribution in [3.8, 4) is 0 Å². The minimum atomic E-state index is 0.0110. The third kappa shape index (κ3) is 2.37. The first-order valence-electron chi connectivity index (χ1n) is 8.67. The summed E-state index contributed by atoms with van der Waals surface area (Å²) in [6, 6.07) is 33.6. The van der Waals surface area contributed by atoms with E-state index in [1.54, 1.807) is 0 Å². The SMILES string of the molecule is O=C(c1[c]c2cc3ccccc3cc2cc1)c1cccc2ccccc12. The number of hydrogen-bond acceptors (Lipinski definition) is 1. The molecule has 0 saturated carbocycles. The van der Waals surface area contributed by atoms with E-state index in [0.717, 1.165) is 32.5 Å². The van der Waals surface area contributed by atoms with Crippen LogP contribution in [-0.2, 0) is 0 Å². The number of ketones is 1. The molecule has 5 rings (SSSR count). The first kappa shape index (κ1) is 14.9. The largest absolute Gasteiger partial charge is 0.289 e. The lowest BCUT2D eigenvalue weighted by Gasteiger charge is -2.07. The molecule has 1 radical (unpaired) electrons. The van der Waals surface area contributed by atoms with Gasteiger partial charge in [0.05, 0.1) is 0 Å². The Morgan fingerprint density at radius 1 is 0.615 bits per heavy atom. The molecule has 1 heteroatoms. The maximum absolute atomic E-state index is 13.1. The summed E-state index contributed by atoms with van der Waals surface area (Å²) in [7, 11) is 0. The Bertz CT molecular complexity index is 1290. The molecule has 0 amide bonds. The van der Waals surface area contributed by atoms with Gasteiger partial charge in [0.15, 0.2) is 5.78 Å². The van der Waals surface area contributed by atoms with Crippen LogP contribution in [0.1, 0.15) is 15.9 Å². The molecule has 26 heavy (non-hydrogen) atoms. The van der Waals surface area contributed by atoms with E-state index >= 15 is 0 Å². The molecule has 121 valence electrons. The number of hydrogen-bond donors (Lipinski definition) is 0. The standard InChI is InChI=1S/C25H15O/c26-25(24-11-5-9-17-6-3-4-10-23(17)24)21-13-12-20-14-18-7-1-2-8-19(18)15-22(20)16-21/h1-15H. The third-order valence-electron chi connectivity index (χ3n) is 4.90. The quantitative estimate of drug-likeness (QED) is 0.279. The third-order valence-corrected chi connectivity index (χ3v) is 4.90. The van der Waals surface area contributed by atoms with Crippen molar-refractivity contribution in [3.63, 3.8) is 0 Å². The Labute approximate surface area is 151 Å². The highest BCUT2D eigenvalue weighted by Crippen LogP contribution is 2.26.